The molecule has 0 radical (unpaired) electrons. The third-order valence-electron chi connectivity index (χ3n) is 2.22. The van der Waals surface area contributed by atoms with Crippen LogP contribution in [0.4, 0.5) is 0 Å². The van der Waals surface area contributed by atoms with Crippen molar-refractivity contribution in [2.24, 2.45) is 0 Å². The monoisotopic (exact) mass is 200 g/mol. The number of rotatable bonds is 3. The lowest BCUT2D eigenvalue weighted by Crippen LogP contribution is -2.18. The molecule has 0 spiro atoms. The molecule has 0 aromatic carbocycles. The zero-order valence-corrected chi connectivity index (χ0v) is 8.46. The summed E-state index contributed by atoms with van der Waals surface area (Å²) in [6, 6.07) is 4.05. The third kappa shape index (κ3) is 2.16. The summed E-state index contributed by atoms with van der Waals surface area (Å²) < 4.78 is 0. The Bertz CT molecular complexity index is 362. The van der Waals surface area contributed by atoms with Gasteiger partial charge in [-0.25, -0.2) is 9.97 Å². The van der Waals surface area contributed by atoms with Crippen LogP contribution < -0.4 is 5.32 Å². The van der Waals surface area contributed by atoms with Crippen molar-refractivity contribution in [3.63, 3.8) is 0 Å². The Hall–Kier alpha value is -1.81. The summed E-state index contributed by atoms with van der Waals surface area (Å²) in [6.45, 7) is 0. The summed E-state index contributed by atoms with van der Waals surface area (Å²) in [6.07, 6.45) is 8.74. The minimum atomic E-state index is 0.0971. The lowest BCUT2D eigenvalue weighted by molar-refractivity contribution is 0.682. The molecule has 2 aromatic heterocycles. The summed E-state index contributed by atoms with van der Waals surface area (Å²) in [5, 5.41) is 3.21. The quantitative estimate of drug-likeness (QED) is 0.808. The standard InChI is InChI=1S/C11H12N4/c1-12-11(9-3-2-4-13-5-9)10-6-14-8-15-7-10/h2-8,11-12H,1H3. The van der Waals surface area contributed by atoms with E-state index in [1.54, 1.807) is 18.6 Å². The molecule has 0 saturated heterocycles. The largest absolute Gasteiger partial charge is 0.309 e. The maximum atomic E-state index is 4.10. The fourth-order valence-corrected chi connectivity index (χ4v) is 1.53. The highest BCUT2D eigenvalue weighted by Gasteiger charge is 2.11. The van der Waals surface area contributed by atoms with Crippen LogP contribution in [0.5, 0.6) is 0 Å². The predicted octanol–water partition coefficient (Wildman–Crippen LogP) is 1.18. The second-order valence-corrected chi connectivity index (χ2v) is 3.18. The Labute approximate surface area is 88.4 Å². The molecule has 15 heavy (non-hydrogen) atoms. The van der Waals surface area contributed by atoms with Crippen LogP contribution in [0.1, 0.15) is 17.2 Å². The fourth-order valence-electron chi connectivity index (χ4n) is 1.53. The summed E-state index contributed by atoms with van der Waals surface area (Å²) in [4.78, 5) is 12.1. The van der Waals surface area contributed by atoms with Crippen molar-refractivity contribution in [3.05, 3.63) is 54.4 Å². The zero-order valence-electron chi connectivity index (χ0n) is 8.46. The Morgan fingerprint density at radius 2 is 1.80 bits per heavy atom. The van der Waals surface area contributed by atoms with Crippen LogP contribution in [0.3, 0.4) is 0 Å². The number of nitrogens with one attached hydrogen (secondary N) is 1. The first-order chi connectivity index (χ1) is 7.42. The first-order valence-electron chi connectivity index (χ1n) is 4.74. The van der Waals surface area contributed by atoms with Gasteiger partial charge < -0.3 is 5.32 Å². The normalized spacial score (nSPS) is 12.3. The molecule has 1 N–H and O–H groups in total. The van der Waals surface area contributed by atoms with Crippen LogP contribution in [0.15, 0.2) is 43.2 Å². The lowest BCUT2D eigenvalue weighted by atomic mass is 10.0. The molecule has 0 aliphatic heterocycles. The lowest BCUT2D eigenvalue weighted by Gasteiger charge is -2.15. The molecule has 76 valence electrons. The smallest absolute Gasteiger partial charge is 0.115 e. The molecular formula is C11H12N4. The Balaban J connectivity index is 2.34. The van der Waals surface area contributed by atoms with Crippen LogP contribution in [-0.2, 0) is 0 Å². The van der Waals surface area contributed by atoms with E-state index in [1.165, 1.54) is 6.33 Å². The second kappa shape index (κ2) is 4.61. The van der Waals surface area contributed by atoms with Crippen LogP contribution in [0, 0.1) is 0 Å². The minimum Gasteiger partial charge on any atom is -0.309 e. The Kier molecular flexibility index (Phi) is 2.99. The number of aromatic nitrogens is 3. The van der Waals surface area contributed by atoms with Gasteiger partial charge in [0.25, 0.3) is 0 Å². The van der Waals surface area contributed by atoms with Gasteiger partial charge in [0, 0.05) is 30.4 Å². The van der Waals surface area contributed by atoms with Crippen molar-refractivity contribution >= 4 is 0 Å². The molecule has 0 saturated carbocycles. The maximum absolute atomic E-state index is 4.10. The van der Waals surface area contributed by atoms with E-state index in [9.17, 15) is 0 Å². The molecule has 0 aliphatic rings. The van der Waals surface area contributed by atoms with E-state index in [0.29, 0.717) is 0 Å². The van der Waals surface area contributed by atoms with Crippen molar-refractivity contribution in [2.45, 2.75) is 6.04 Å². The summed E-state index contributed by atoms with van der Waals surface area (Å²) in [5.74, 6) is 0. The van der Waals surface area contributed by atoms with Crippen molar-refractivity contribution in [3.8, 4) is 0 Å². The van der Waals surface area contributed by atoms with E-state index in [-0.39, 0.29) is 6.04 Å². The molecular weight excluding hydrogens is 188 g/mol. The molecule has 4 heteroatoms. The highest BCUT2D eigenvalue weighted by atomic mass is 14.9. The number of hydrogen-bond donors (Lipinski definition) is 1. The van der Waals surface area contributed by atoms with Crippen molar-refractivity contribution in [1.82, 2.24) is 20.3 Å². The molecule has 0 fully saturated rings. The van der Waals surface area contributed by atoms with Crippen LogP contribution >= 0.6 is 0 Å². The van der Waals surface area contributed by atoms with Crippen molar-refractivity contribution < 1.29 is 0 Å². The Morgan fingerprint density at radius 3 is 2.40 bits per heavy atom. The second-order valence-electron chi connectivity index (χ2n) is 3.18. The third-order valence-corrected chi connectivity index (χ3v) is 2.22. The summed E-state index contributed by atoms with van der Waals surface area (Å²) in [7, 11) is 1.91. The summed E-state index contributed by atoms with van der Waals surface area (Å²) in [5.41, 5.74) is 2.14. The molecule has 2 aromatic rings. The van der Waals surface area contributed by atoms with E-state index in [1.807, 2.05) is 25.4 Å². The molecule has 0 amide bonds. The SMILES string of the molecule is CNC(c1cccnc1)c1cncnc1. The van der Waals surface area contributed by atoms with Gasteiger partial charge in [-0.1, -0.05) is 6.07 Å². The van der Waals surface area contributed by atoms with Gasteiger partial charge in [-0.2, -0.15) is 0 Å². The van der Waals surface area contributed by atoms with Crippen LogP contribution in [0.25, 0.3) is 0 Å². The number of nitrogens with zero attached hydrogens (tertiary/aromatic N) is 3. The van der Waals surface area contributed by atoms with Gasteiger partial charge in [0.2, 0.25) is 0 Å². The molecule has 1 atom stereocenters. The van der Waals surface area contributed by atoms with Gasteiger partial charge in [0.1, 0.15) is 6.33 Å². The highest BCUT2D eigenvalue weighted by molar-refractivity contribution is 5.25. The predicted molar refractivity (Wildman–Crippen MR) is 57.2 cm³/mol. The minimum absolute atomic E-state index is 0.0971. The molecule has 0 aliphatic carbocycles. The van der Waals surface area contributed by atoms with Crippen molar-refractivity contribution in [2.75, 3.05) is 7.05 Å². The molecule has 0 bridgehead atoms. The van der Waals surface area contributed by atoms with E-state index in [0.717, 1.165) is 11.1 Å². The van der Waals surface area contributed by atoms with Gasteiger partial charge in [-0.05, 0) is 18.7 Å². The maximum Gasteiger partial charge on any atom is 0.115 e. The summed E-state index contributed by atoms with van der Waals surface area (Å²) >= 11 is 0. The van der Waals surface area contributed by atoms with Gasteiger partial charge in [-0.3, -0.25) is 4.98 Å². The number of pyridine rings is 1. The van der Waals surface area contributed by atoms with E-state index >= 15 is 0 Å². The first-order valence-corrected chi connectivity index (χ1v) is 4.74. The van der Waals surface area contributed by atoms with Gasteiger partial charge in [0.15, 0.2) is 0 Å². The number of hydrogen-bond acceptors (Lipinski definition) is 4. The van der Waals surface area contributed by atoms with E-state index in [4.69, 9.17) is 0 Å². The first kappa shape index (κ1) is 9.73. The van der Waals surface area contributed by atoms with Crippen LogP contribution in [0.2, 0.25) is 0 Å². The van der Waals surface area contributed by atoms with Gasteiger partial charge in [0.05, 0.1) is 6.04 Å². The average molecular weight is 200 g/mol. The molecule has 4 nitrogen and oxygen atoms in total. The Morgan fingerprint density at radius 1 is 1.07 bits per heavy atom. The molecule has 2 heterocycles. The van der Waals surface area contributed by atoms with Crippen LogP contribution in [-0.4, -0.2) is 22.0 Å². The molecule has 1 unspecified atom stereocenters. The van der Waals surface area contributed by atoms with Crippen molar-refractivity contribution in [1.29, 1.82) is 0 Å². The average Bonchev–Trinajstić information content (AvgIpc) is 2.33. The van der Waals surface area contributed by atoms with Gasteiger partial charge >= 0.3 is 0 Å². The molecule has 2 rings (SSSR count). The zero-order chi connectivity index (χ0) is 10.5. The highest BCUT2D eigenvalue weighted by Crippen LogP contribution is 2.18. The topological polar surface area (TPSA) is 50.7 Å². The van der Waals surface area contributed by atoms with E-state index < -0.39 is 0 Å². The fraction of sp³-hybridized carbons (Fsp3) is 0.182. The van der Waals surface area contributed by atoms with E-state index in [2.05, 4.69) is 20.3 Å². The van der Waals surface area contributed by atoms with Gasteiger partial charge in [-0.15, -0.1) is 0 Å².